The van der Waals surface area contributed by atoms with E-state index in [0.29, 0.717) is 50.9 Å². The minimum Gasteiger partial charge on any atom is -0.503 e. The highest BCUT2D eigenvalue weighted by molar-refractivity contribution is 6.01. The fraction of sp³-hybridized carbons (Fsp3) is 0.350. The van der Waals surface area contributed by atoms with Crippen molar-refractivity contribution in [2.24, 2.45) is 0 Å². The quantitative estimate of drug-likeness (QED) is 0.113. The SMILES string of the molecule is C[C@@H]1CCO[C@H]2Cn3cc(C(=O)NCc4ccc(F)cc4F)c(=O)c(O)c3C(=O)N12.C[C@H]1CO[C@H]2Cn3cc(C(=O)NCc4ccc(F)cc4F)c(=O)c(O)c3C(=O)N21.O=C(NCc1ccc(F)cc1F)c1cn2c(c(O)c1=O)C(=O)N1C[C@H]3CCCN3[C@@H]1C2. The minimum absolute atomic E-state index is 0.0289. The zero-order valence-electron chi connectivity index (χ0n) is 47.8. The molecule has 3 aromatic heterocycles. The maximum absolute atomic E-state index is 13.8. The van der Waals surface area contributed by atoms with Gasteiger partial charge in [-0.15, -0.1) is 0 Å². The van der Waals surface area contributed by atoms with E-state index in [0.717, 1.165) is 37.6 Å². The number of aromatic nitrogens is 3. The average Bonchev–Trinajstić information content (AvgIpc) is 1.41. The standard InChI is InChI=1S/C21H20F2N4O4.C20H19F2N3O5.C19H17F2N3O5/c22-12-4-3-11(15(23)6-12)7-24-20(30)14-9-25-10-16-26-5-1-2-13(26)8-27(16)21(31)17(25)19(29)18(14)28;1-10-4-5-30-15-9-24-8-13(17(26)18(27)16(24)20(29)25(10)15)19(28)23-7-11-2-3-12(21)6-14(11)22;1-9-8-29-14-7-23-6-12(16(25)17(26)15(23)19(28)24(9)14)18(27)22-5-10-2-3-11(20)4-13(10)21/h3-4,6,9,13,16,29H,1-2,5,7-8,10H2,(H,24,30);2-3,6,8,10,15,27H,4-5,7,9H2,1H3,(H,23,28);2-4,6,9,14,26H,5,7-8H2,1H3,(H,22,27)/t13-,16+;10-,15+;9-,14-/m110/s1. The second-order valence-corrected chi connectivity index (χ2v) is 22.4. The number of halogens is 6. The summed E-state index contributed by atoms with van der Waals surface area (Å²) < 4.78 is 95.6. The van der Waals surface area contributed by atoms with Crippen LogP contribution in [-0.4, -0.2) is 147 Å². The second-order valence-electron chi connectivity index (χ2n) is 22.4. The van der Waals surface area contributed by atoms with Crippen LogP contribution < -0.4 is 32.2 Å². The van der Waals surface area contributed by atoms with E-state index in [-0.39, 0.29) is 96.4 Å². The average molecular weight is 1260 g/mol. The molecule has 7 aliphatic rings. The molecule has 472 valence electrons. The lowest BCUT2D eigenvalue weighted by atomic mass is 10.1. The summed E-state index contributed by atoms with van der Waals surface area (Å²) in [5, 5.41) is 38.3. The van der Waals surface area contributed by atoms with Gasteiger partial charge in [-0.1, -0.05) is 18.2 Å². The summed E-state index contributed by atoms with van der Waals surface area (Å²) in [6.07, 6.45) is 5.00. The zero-order chi connectivity index (χ0) is 64.3. The molecule has 13 rings (SSSR count). The van der Waals surface area contributed by atoms with Crippen molar-refractivity contribution in [3.05, 3.63) is 189 Å². The Morgan fingerprint density at radius 3 is 1.36 bits per heavy atom. The van der Waals surface area contributed by atoms with Crippen LogP contribution in [0.25, 0.3) is 0 Å². The topological polar surface area (TPSA) is 297 Å². The monoisotopic (exact) mass is 1250 g/mol. The van der Waals surface area contributed by atoms with Crippen molar-refractivity contribution >= 4 is 35.4 Å². The van der Waals surface area contributed by atoms with Crippen LogP contribution in [0, 0.1) is 34.9 Å². The van der Waals surface area contributed by atoms with Gasteiger partial charge in [0.05, 0.1) is 38.9 Å². The van der Waals surface area contributed by atoms with Gasteiger partial charge in [-0.2, -0.15) is 0 Å². The number of amides is 6. The van der Waals surface area contributed by atoms with Crippen LogP contribution in [0.5, 0.6) is 17.2 Å². The third-order valence-electron chi connectivity index (χ3n) is 16.8. The van der Waals surface area contributed by atoms with E-state index >= 15 is 0 Å². The molecule has 4 saturated heterocycles. The lowest BCUT2D eigenvalue weighted by Gasteiger charge is -2.44. The summed E-state index contributed by atoms with van der Waals surface area (Å²) in [7, 11) is 0. The molecule has 6 aromatic rings. The molecule has 0 bridgehead atoms. The van der Waals surface area contributed by atoms with Gasteiger partial charge in [-0.05, 0) is 51.3 Å². The number of hydrogen-bond acceptors (Lipinski definition) is 15. The molecule has 0 radical (unpaired) electrons. The molecule has 30 heteroatoms. The third-order valence-corrected chi connectivity index (χ3v) is 16.8. The van der Waals surface area contributed by atoms with E-state index in [4.69, 9.17) is 9.47 Å². The highest BCUT2D eigenvalue weighted by atomic mass is 19.2. The van der Waals surface area contributed by atoms with E-state index in [1.807, 2.05) is 6.92 Å². The van der Waals surface area contributed by atoms with Crippen LogP contribution in [0.1, 0.15) is 112 Å². The van der Waals surface area contributed by atoms with Crippen molar-refractivity contribution in [3.63, 3.8) is 0 Å². The van der Waals surface area contributed by atoms with Gasteiger partial charge in [-0.25, -0.2) is 26.3 Å². The maximum atomic E-state index is 13.8. The first-order chi connectivity index (χ1) is 42.9. The molecule has 0 unspecified atom stereocenters. The minimum atomic E-state index is -1.01. The number of nitrogens with zero attached hydrogens (tertiary/aromatic N) is 7. The van der Waals surface area contributed by atoms with E-state index in [1.54, 1.807) is 11.8 Å². The number of ether oxygens (including phenoxy) is 2. The summed E-state index contributed by atoms with van der Waals surface area (Å²) in [6.45, 7) is 5.65. The molecule has 0 spiro atoms. The van der Waals surface area contributed by atoms with Crippen molar-refractivity contribution in [2.75, 3.05) is 26.3 Å². The van der Waals surface area contributed by atoms with Crippen molar-refractivity contribution in [3.8, 4) is 17.2 Å². The Kier molecular flexibility index (Phi) is 16.9. The first-order valence-corrected chi connectivity index (χ1v) is 28.4. The van der Waals surface area contributed by atoms with Gasteiger partial charge in [0, 0.05) is 98.3 Å². The number of aromatic hydroxyl groups is 3. The number of nitrogens with one attached hydrogen (secondary N) is 3. The number of carbonyl (C=O) groups is 6. The Morgan fingerprint density at radius 1 is 0.522 bits per heavy atom. The summed E-state index contributed by atoms with van der Waals surface area (Å²) in [6, 6.07) is 8.72. The van der Waals surface area contributed by atoms with Gasteiger partial charge in [0.25, 0.3) is 35.4 Å². The number of carbonyl (C=O) groups excluding carboxylic acids is 6. The molecule has 90 heavy (non-hydrogen) atoms. The molecule has 0 aliphatic carbocycles. The fourth-order valence-electron chi connectivity index (χ4n) is 12.2. The number of fused-ring (bicyclic) bond motifs is 8. The van der Waals surface area contributed by atoms with Gasteiger partial charge in [-0.3, -0.25) is 48.1 Å². The van der Waals surface area contributed by atoms with Crippen LogP contribution in [0.3, 0.4) is 0 Å². The Balaban J connectivity index is 0.000000139. The first kappa shape index (κ1) is 61.8. The molecular formula is C60H56F6N10O14. The molecule has 24 nitrogen and oxygen atoms in total. The van der Waals surface area contributed by atoms with Gasteiger partial charge >= 0.3 is 0 Å². The molecule has 6 N–H and O–H groups in total. The van der Waals surface area contributed by atoms with Crippen molar-refractivity contribution in [1.29, 1.82) is 0 Å². The smallest absolute Gasteiger partial charge is 0.276 e. The summed E-state index contributed by atoms with van der Waals surface area (Å²) >= 11 is 0. The summed E-state index contributed by atoms with van der Waals surface area (Å²) in [5.74, 6) is -11.2. The lowest BCUT2D eigenvalue weighted by molar-refractivity contribution is -0.112. The Bertz CT molecular complexity index is 4180. The van der Waals surface area contributed by atoms with E-state index in [1.165, 1.54) is 60.3 Å². The molecule has 6 atom stereocenters. The van der Waals surface area contributed by atoms with Gasteiger partial charge < -0.3 is 69.1 Å². The normalized spacial score (nSPS) is 21.1. The van der Waals surface area contributed by atoms with Crippen LogP contribution in [0.15, 0.2) is 87.6 Å². The fourth-order valence-corrected chi connectivity index (χ4v) is 12.2. The van der Waals surface area contributed by atoms with E-state index in [2.05, 4.69) is 20.9 Å². The number of hydrogen-bond donors (Lipinski definition) is 6. The number of pyridine rings is 3. The van der Waals surface area contributed by atoms with Crippen LogP contribution in [0.4, 0.5) is 26.3 Å². The molecular weight excluding hydrogens is 1200 g/mol. The largest absolute Gasteiger partial charge is 0.503 e. The van der Waals surface area contributed by atoms with Gasteiger partial charge in [0.2, 0.25) is 16.3 Å². The third kappa shape index (κ3) is 11.5. The van der Waals surface area contributed by atoms with Crippen molar-refractivity contribution in [2.45, 2.75) is 109 Å². The molecule has 3 aromatic carbocycles. The summed E-state index contributed by atoms with van der Waals surface area (Å²) in [4.78, 5) is 121. The second kappa shape index (κ2) is 24.6. The highest BCUT2D eigenvalue weighted by Crippen LogP contribution is 2.36. The Morgan fingerprint density at radius 2 is 0.922 bits per heavy atom. The van der Waals surface area contributed by atoms with Gasteiger partial charge in [0.1, 0.15) is 57.8 Å². The predicted octanol–water partition coefficient (Wildman–Crippen LogP) is 3.34. The molecule has 10 heterocycles. The Hall–Kier alpha value is -9.81. The van der Waals surface area contributed by atoms with Crippen LogP contribution in [0.2, 0.25) is 0 Å². The van der Waals surface area contributed by atoms with Crippen molar-refractivity contribution in [1.82, 2.24) is 49.3 Å². The summed E-state index contributed by atoms with van der Waals surface area (Å²) in [5.41, 5.74) is -4.54. The number of rotatable bonds is 9. The molecule has 6 amide bonds. The van der Waals surface area contributed by atoms with Gasteiger partial charge in [0.15, 0.2) is 46.8 Å². The van der Waals surface area contributed by atoms with E-state index in [9.17, 15) is 84.8 Å². The zero-order valence-corrected chi connectivity index (χ0v) is 47.8. The molecule has 4 fully saturated rings. The predicted molar refractivity (Wildman–Crippen MR) is 300 cm³/mol. The lowest BCUT2D eigenvalue weighted by Crippen LogP contribution is -2.57. The van der Waals surface area contributed by atoms with Crippen molar-refractivity contribution < 1.29 is 79.9 Å². The van der Waals surface area contributed by atoms with Crippen LogP contribution >= 0.6 is 0 Å². The van der Waals surface area contributed by atoms with Crippen LogP contribution in [-0.2, 0) is 48.7 Å². The first-order valence-electron chi connectivity index (χ1n) is 28.4. The van der Waals surface area contributed by atoms with E-state index < -0.39 is 127 Å². The number of benzene rings is 3. The highest BCUT2D eigenvalue weighted by Gasteiger charge is 2.49. The Labute approximate surface area is 505 Å². The maximum Gasteiger partial charge on any atom is 0.276 e. The molecule has 7 aliphatic heterocycles. The molecule has 0 saturated carbocycles.